The van der Waals surface area contributed by atoms with Gasteiger partial charge >= 0.3 is 5.97 Å². The fourth-order valence-electron chi connectivity index (χ4n) is 1.40. The highest BCUT2D eigenvalue weighted by Gasteiger charge is 2.13. The second-order valence-corrected chi connectivity index (χ2v) is 3.24. The van der Waals surface area contributed by atoms with Crippen molar-refractivity contribution in [2.75, 3.05) is 7.11 Å². The van der Waals surface area contributed by atoms with E-state index in [-0.39, 0.29) is 13.2 Å². The van der Waals surface area contributed by atoms with Crippen LogP contribution in [-0.2, 0) is 18.0 Å². The van der Waals surface area contributed by atoms with Crippen LogP contribution in [-0.4, -0.2) is 23.3 Å². The summed E-state index contributed by atoms with van der Waals surface area (Å²) in [5.74, 6) is -0.480. The van der Waals surface area contributed by atoms with E-state index in [1.807, 2.05) is 0 Å². The van der Waals surface area contributed by atoms with E-state index in [2.05, 4.69) is 4.74 Å². The Morgan fingerprint density at radius 2 is 1.87 bits per heavy atom. The third-order valence-corrected chi connectivity index (χ3v) is 2.31. The first-order valence-corrected chi connectivity index (χ1v) is 4.56. The van der Waals surface area contributed by atoms with Crippen LogP contribution in [0.25, 0.3) is 0 Å². The van der Waals surface area contributed by atoms with Gasteiger partial charge in [-0.25, -0.2) is 4.79 Å². The number of rotatable bonds is 3. The molecule has 0 saturated carbocycles. The van der Waals surface area contributed by atoms with Gasteiger partial charge in [-0.15, -0.1) is 0 Å². The van der Waals surface area contributed by atoms with E-state index in [9.17, 15) is 4.79 Å². The topological polar surface area (TPSA) is 66.8 Å². The number of carbonyl (C=O) groups excluding carboxylic acids is 1. The van der Waals surface area contributed by atoms with Crippen molar-refractivity contribution in [2.24, 2.45) is 0 Å². The standard InChI is InChI=1S/C11H14O4/c1-7-3-10(11(14)15-2)9(6-13)4-8(7)5-12/h3-4,12-13H,5-6H2,1-2H3. The van der Waals surface area contributed by atoms with Crippen molar-refractivity contribution in [3.63, 3.8) is 0 Å². The number of esters is 1. The number of carbonyl (C=O) groups is 1. The molecule has 4 heteroatoms. The van der Waals surface area contributed by atoms with E-state index < -0.39 is 5.97 Å². The Morgan fingerprint density at radius 3 is 2.33 bits per heavy atom. The first-order chi connectivity index (χ1) is 7.13. The van der Waals surface area contributed by atoms with Crippen LogP contribution in [0.15, 0.2) is 12.1 Å². The first-order valence-electron chi connectivity index (χ1n) is 4.56. The quantitative estimate of drug-likeness (QED) is 0.723. The Kier molecular flexibility index (Phi) is 3.82. The van der Waals surface area contributed by atoms with Gasteiger partial charge in [-0.3, -0.25) is 0 Å². The molecule has 1 aromatic carbocycles. The molecule has 1 rings (SSSR count). The second-order valence-electron chi connectivity index (χ2n) is 3.24. The van der Waals surface area contributed by atoms with Crippen molar-refractivity contribution in [1.82, 2.24) is 0 Å². The van der Waals surface area contributed by atoms with Crippen LogP contribution in [0.1, 0.15) is 27.0 Å². The largest absolute Gasteiger partial charge is 0.465 e. The first kappa shape index (κ1) is 11.7. The van der Waals surface area contributed by atoms with Crippen LogP contribution in [0.3, 0.4) is 0 Å². The van der Waals surface area contributed by atoms with E-state index in [1.165, 1.54) is 7.11 Å². The lowest BCUT2D eigenvalue weighted by Crippen LogP contribution is -2.08. The van der Waals surface area contributed by atoms with Crippen molar-refractivity contribution in [2.45, 2.75) is 20.1 Å². The molecule has 0 unspecified atom stereocenters. The summed E-state index contributed by atoms with van der Waals surface area (Å²) >= 11 is 0. The second kappa shape index (κ2) is 4.91. The Balaban J connectivity index is 3.27. The van der Waals surface area contributed by atoms with Crippen LogP contribution in [0.2, 0.25) is 0 Å². The van der Waals surface area contributed by atoms with Gasteiger partial charge in [-0.05, 0) is 29.7 Å². The maximum absolute atomic E-state index is 11.3. The average molecular weight is 210 g/mol. The molecule has 0 bridgehead atoms. The molecule has 0 amide bonds. The maximum Gasteiger partial charge on any atom is 0.338 e. The molecule has 0 fully saturated rings. The van der Waals surface area contributed by atoms with Crippen LogP contribution >= 0.6 is 0 Å². The van der Waals surface area contributed by atoms with Gasteiger partial charge < -0.3 is 14.9 Å². The van der Waals surface area contributed by atoms with Crippen molar-refractivity contribution in [1.29, 1.82) is 0 Å². The van der Waals surface area contributed by atoms with Gasteiger partial charge in [0, 0.05) is 0 Å². The number of hydrogen-bond acceptors (Lipinski definition) is 4. The van der Waals surface area contributed by atoms with Crippen LogP contribution in [0.4, 0.5) is 0 Å². The lowest BCUT2D eigenvalue weighted by Gasteiger charge is -2.10. The predicted octanol–water partition coefficient (Wildman–Crippen LogP) is 0.766. The molecule has 1 aromatic rings. The highest BCUT2D eigenvalue weighted by Crippen LogP contribution is 2.17. The molecular weight excluding hydrogens is 196 g/mol. The van der Waals surface area contributed by atoms with E-state index in [1.54, 1.807) is 19.1 Å². The molecular formula is C11H14O4. The summed E-state index contributed by atoms with van der Waals surface area (Å²) in [7, 11) is 1.29. The molecule has 0 atom stereocenters. The smallest absolute Gasteiger partial charge is 0.338 e. The Labute approximate surface area is 88.1 Å². The molecule has 0 aromatic heterocycles. The number of benzene rings is 1. The lowest BCUT2D eigenvalue weighted by molar-refractivity contribution is 0.0597. The number of aliphatic hydroxyl groups excluding tert-OH is 2. The molecule has 0 aliphatic rings. The van der Waals surface area contributed by atoms with E-state index in [0.717, 1.165) is 5.56 Å². The summed E-state index contributed by atoms with van der Waals surface area (Å²) in [6.45, 7) is 1.43. The molecule has 15 heavy (non-hydrogen) atoms. The zero-order chi connectivity index (χ0) is 11.4. The van der Waals surface area contributed by atoms with Crippen molar-refractivity contribution >= 4 is 5.97 Å². The van der Waals surface area contributed by atoms with Gasteiger partial charge in [0.2, 0.25) is 0 Å². The van der Waals surface area contributed by atoms with Crippen LogP contribution in [0.5, 0.6) is 0 Å². The fraction of sp³-hybridized carbons (Fsp3) is 0.364. The number of aliphatic hydroxyl groups is 2. The van der Waals surface area contributed by atoms with Gasteiger partial charge in [0.15, 0.2) is 0 Å². The summed E-state index contributed by atoms with van der Waals surface area (Å²) in [4.78, 5) is 11.3. The zero-order valence-corrected chi connectivity index (χ0v) is 8.78. The third-order valence-electron chi connectivity index (χ3n) is 2.31. The van der Waals surface area contributed by atoms with Gasteiger partial charge in [0.05, 0.1) is 25.9 Å². The highest BCUT2D eigenvalue weighted by molar-refractivity contribution is 5.91. The normalized spacial score (nSPS) is 10.1. The monoisotopic (exact) mass is 210 g/mol. The number of ether oxygens (including phenoxy) is 1. The molecule has 0 aliphatic heterocycles. The Hall–Kier alpha value is -1.39. The fourth-order valence-corrected chi connectivity index (χ4v) is 1.40. The number of hydrogen-bond donors (Lipinski definition) is 2. The van der Waals surface area contributed by atoms with E-state index in [0.29, 0.717) is 16.7 Å². The molecule has 0 spiro atoms. The Morgan fingerprint density at radius 1 is 1.27 bits per heavy atom. The maximum atomic E-state index is 11.3. The van der Waals surface area contributed by atoms with Crippen molar-refractivity contribution in [3.05, 3.63) is 34.4 Å². The van der Waals surface area contributed by atoms with Gasteiger partial charge in [-0.2, -0.15) is 0 Å². The summed E-state index contributed by atoms with van der Waals surface area (Å²) in [6.07, 6.45) is 0. The molecule has 0 saturated heterocycles. The van der Waals surface area contributed by atoms with Crippen LogP contribution in [0, 0.1) is 6.92 Å². The van der Waals surface area contributed by atoms with Gasteiger partial charge in [0.1, 0.15) is 0 Å². The van der Waals surface area contributed by atoms with E-state index in [4.69, 9.17) is 10.2 Å². The summed E-state index contributed by atoms with van der Waals surface area (Å²) in [5, 5.41) is 18.1. The molecule has 4 nitrogen and oxygen atoms in total. The summed E-state index contributed by atoms with van der Waals surface area (Å²) < 4.78 is 4.59. The van der Waals surface area contributed by atoms with Crippen molar-refractivity contribution < 1.29 is 19.7 Å². The van der Waals surface area contributed by atoms with Crippen LogP contribution < -0.4 is 0 Å². The molecule has 82 valence electrons. The third kappa shape index (κ3) is 2.34. The minimum atomic E-state index is -0.480. The molecule has 2 N–H and O–H groups in total. The van der Waals surface area contributed by atoms with Gasteiger partial charge in [-0.1, -0.05) is 6.07 Å². The zero-order valence-electron chi connectivity index (χ0n) is 8.78. The summed E-state index contributed by atoms with van der Waals surface area (Å²) in [6, 6.07) is 3.23. The van der Waals surface area contributed by atoms with Gasteiger partial charge in [0.25, 0.3) is 0 Å². The van der Waals surface area contributed by atoms with E-state index >= 15 is 0 Å². The SMILES string of the molecule is COC(=O)c1cc(C)c(CO)cc1CO. The van der Waals surface area contributed by atoms with Crippen molar-refractivity contribution in [3.8, 4) is 0 Å². The molecule has 0 aliphatic carbocycles. The predicted molar refractivity (Wildman–Crippen MR) is 54.4 cm³/mol. The molecule has 0 heterocycles. The minimum Gasteiger partial charge on any atom is -0.465 e. The number of aryl methyl sites for hydroxylation is 1. The Bertz CT molecular complexity index is 371. The minimum absolute atomic E-state index is 0.111. The number of methoxy groups -OCH3 is 1. The lowest BCUT2D eigenvalue weighted by atomic mass is 10.00. The molecule has 0 radical (unpaired) electrons. The average Bonchev–Trinajstić information content (AvgIpc) is 2.27. The summed E-state index contributed by atoms with van der Waals surface area (Å²) in [5.41, 5.74) is 2.31. The highest BCUT2D eigenvalue weighted by atomic mass is 16.5.